The third kappa shape index (κ3) is 5.66. The van der Waals surface area contributed by atoms with Crippen LogP contribution in [-0.2, 0) is 9.53 Å². The minimum atomic E-state index is -0.756. The van der Waals surface area contributed by atoms with Gasteiger partial charge in [0.2, 0.25) is 5.78 Å². The molecular formula is C20H21N5O5S. The van der Waals surface area contributed by atoms with Gasteiger partial charge in [-0.2, -0.15) is 0 Å². The number of rotatable bonds is 5. The van der Waals surface area contributed by atoms with Crippen LogP contribution in [0.2, 0.25) is 0 Å². The van der Waals surface area contributed by atoms with Crippen molar-refractivity contribution in [2.75, 3.05) is 6.54 Å². The maximum absolute atomic E-state index is 12.7. The Bertz CT molecular complexity index is 1140. The molecule has 2 aromatic heterocycles. The van der Waals surface area contributed by atoms with Crippen LogP contribution < -0.4 is 16.2 Å². The monoisotopic (exact) mass is 443 g/mol. The zero-order valence-electron chi connectivity index (χ0n) is 17.1. The molecule has 162 valence electrons. The second kappa shape index (κ2) is 8.96. The van der Waals surface area contributed by atoms with E-state index in [2.05, 4.69) is 26.1 Å². The minimum absolute atomic E-state index is 0.0198. The van der Waals surface area contributed by atoms with Gasteiger partial charge in [0.15, 0.2) is 5.01 Å². The Labute approximate surface area is 181 Å². The van der Waals surface area contributed by atoms with E-state index in [0.717, 1.165) is 22.2 Å². The summed E-state index contributed by atoms with van der Waals surface area (Å²) < 4.78 is 5.01. The molecule has 0 saturated heterocycles. The Morgan fingerprint density at radius 1 is 1.13 bits per heavy atom. The molecule has 3 aromatic rings. The van der Waals surface area contributed by atoms with E-state index in [1.54, 1.807) is 27.0 Å². The summed E-state index contributed by atoms with van der Waals surface area (Å²) >= 11 is 1.02. The normalized spacial score (nSPS) is 11.1. The molecule has 3 amide bonds. The summed E-state index contributed by atoms with van der Waals surface area (Å²) in [7, 11) is 0. The van der Waals surface area contributed by atoms with Crippen molar-refractivity contribution in [3.8, 4) is 0 Å². The standard InChI is InChI=1S/C20H21N5O5S/c1-20(2,3)30-19(29)22-9-15(26)24-25-17(28)14-10-31-18(23-14)16(27)12-8-21-13-7-5-4-6-11(12)13/h4-8,10,21H,9H2,1-3H3,(H,22,29)(H,24,26)(H,25,28). The fraction of sp³-hybridized carbons (Fsp3) is 0.250. The SMILES string of the molecule is CC(C)(C)OC(=O)NCC(=O)NNC(=O)c1csc(C(=O)c2c[nH]c3ccccc23)n1. The fourth-order valence-corrected chi connectivity index (χ4v) is 3.31. The zero-order chi connectivity index (χ0) is 22.6. The van der Waals surface area contributed by atoms with Gasteiger partial charge in [0.25, 0.3) is 11.8 Å². The van der Waals surface area contributed by atoms with Gasteiger partial charge in [0, 0.05) is 22.5 Å². The number of benzene rings is 1. The maximum atomic E-state index is 12.7. The number of thiazole rings is 1. The van der Waals surface area contributed by atoms with E-state index in [9.17, 15) is 19.2 Å². The number of alkyl carbamates (subject to hydrolysis) is 1. The molecule has 0 aliphatic heterocycles. The summed E-state index contributed by atoms with van der Waals surface area (Å²) in [4.78, 5) is 55.3. The van der Waals surface area contributed by atoms with Gasteiger partial charge >= 0.3 is 6.09 Å². The van der Waals surface area contributed by atoms with Crippen LogP contribution in [0.25, 0.3) is 10.9 Å². The van der Waals surface area contributed by atoms with Crippen LogP contribution in [0.15, 0.2) is 35.8 Å². The number of carbonyl (C=O) groups excluding carboxylic acids is 4. The zero-order valence-corrected chi connectivity index (χ0v) is 17.9. The number of nitrogens with zero attached hydrogens (tertiary/aromatic N) is 1. The van der Waals surface area contributed by atoms with Gasteiger partial charge in [-0.25, -0.2) is 9.78 Å². The van der Waals surface area contributed by atoms with Crippen molar-refractivity contribution in [1.29, 1.82) is 0 Å². The second-order valence-corrected chi connectivity index (χ2v) is 8.33. The molecule has 3 rings (SSSR count). The summed E-state index contributed by atoms with van der Waals surface area (Å²) in [6, 6.07) is 7.36. The molecule has 0 fully saturated rings. The van der Waals surface area contributed by atoms with Crippen LogP contribution in [-0.4, -0.2) is 45.8 Å². The van der Waals surface area contributed by atoms with E-state index in [0.29, 0.717) is 5.56 Å². The lowest BCUT2D eigenvalue weighted by Gasteiger charge is -2.19. The van der Waals surface area contributed by atoms with Crippen LogP contribution >= 0.6 is 11.3 Å². The molecule has 0 aliphatic carbocycles. The number of carbonyl (C=O) groups is 4. The van der Waals surface area contributed by atoms with Crippen LogP contribution in [0, 0.1) is 0 Å². The number of nitrogens with one attached hydrogen (secondary N) is 4. The van der Waals surface area contributed by atoms with Crippen LogP contribution in [0.1, 0.15) is 46.6 Å². The molecule has 1 aromatic carbocycles. The highest BCUT2D eigenvalue weighted by Crippen LogP contribution is 2.22. The number of H-pyrrole nitrogens is 1. The number of aromatic amines is 1. The Balaban J connectivity index is 1.54. The largest absolute Gasteiger partial charge is 0.444 e. The van der Waals surface area contributed by atoms with Crippen molar-refractivity contribution in [2.24, 2.45) is 0 Å². The van der Waals surface area contributed by atoms with Crippen molar-refractivity contribution in [2.45, 2.75) is 26.4 Å². The Morgan fingerprint density at radius 2 is 1.87 bits per heavy atom. The first-order chi connectivity index (χ1) is 14.6. The highest BCUT2D eigenvalue weighted by atomic mass is 32.1. The second-order valence-electron chi connectivity index (χ2n) is 7.47. The van der Waals surface area contributed by atoms with E-state index in [4.69, 9.17) is 4.74 Å². The molecule has 0 spiro atoms. The number of hydrogen-bond acceptors (Lipinski definition) is 7. The lowest BCUT2D eigenvalue weighted by Crippen LogP contribution is -2.47. The number of para-hydroxylation sites is 1. The Hall–Kier alpha value is -3.73. The van der Waals surface area contributed by atoms with Gasteiger partial charge in [-0.05, 0) is 26.8 Å². The number of amides is 3. The molecular weight excluding hydrogens is 422 g/mol. The Kier molecular flexibility index (Phi) is 6.35. The van der Waals surface area contributed by atoms with Crippen molar-refractivity contribution in [3.63, 3.8) is 0 Å². The highest BCUT2D eigenvalue weighted by molar-refractivity contribution is 7.12. The molecule has 0 saturated carbocycles. The summed E-state index contributed by atoms with van der Waals surface area (Å²) in [5.74, 6) is -1.67. The third-order valence-corrected chi connectivity index (χ3v) is 4.71. The Morgan fingerprint density at radius 3 is 2.61 bits per heavy atom. The van der Waals surface area contributed by atoms with Gasteiger partial charge in [0.1, 0.15) is 17.8 Å². The minimum Gasteiger partial charge on any atom is -0.444 e. The van der Waals surface area contributed by atoms with E-state index in [-0.39, 0.29) is 16.5 Å². The number of hydrogen-bond donors (Lipinski definition) is 4. The molecule has 10 nitrogen and oxygen atoms in total. The topological polar surface area (TPSA) is 142 Å². The van der Waals surface area contributed by atoms with Crippen molar-refractivity contribution >= 4 is 45.9 Å². The number of aromatic nitrogens is 2. The lowest BCUT2D eigenvalue weighted by atomic mass is 10.1. The highest BCUT2D eigenvalue weighted by Gasteiger charge is 2.20. The van der Waals surface area contributed by atoms with Gasteiger partial charge in [-0.3, -0.25) is 25.2 Å². The average molecular weight is 443 g/mol. The number of fused-ring (bicyclic) bond motifs is 1. The molecule has 0 atom stereocenters. The number of hydrazine groups is 1. The predicted molar refractivity (Wildman–Crippen MR) is 114 cm³/mol. The third-order valence-electron chi connectivity index (χ3n) is 3.87. The first kappa shape index (κ1) is 22.0. The molecule has 4 N–H and O–H groups in total. The molecule has 0 aliphatic rings. The van der Waals surface area contributed by atoms with Gasteiger partial charge < -0.3 is 15.0 Å². The molecule has 0 bridgehead atoms. The predicted octanol–water partition coefficient (Wildman–Crippen LogP) is 2.14. The van der Waals surface area contributed by atoms with E-state index in [1.165, 1.54) is 5.38 Å². The van der Waals surface area contributed by atoms with Gasteiger partial charge in [-0.15, -0.1) is 11.3 Å². The number of ether oxygens (including phenoxy) is 1. The summed E-state index contributed by atoms with van der Waals surface area (Å²) in [6.07, 6.45) is 0.848. The van der Waals surface area contributed by atoms with Crippen LogP contribution in [0.4, 0.5) is 4.79 Å². The van der Waals surface area contributed by atoms with E-state index >= 15 is 0 Å². The van der Waals surface area contributed by atoms with Crippen molar-refractivity contribution in [1.82, 2.24) is 26.1 Å². The summed E-state index contributed by atoms with van der Waals surface area (Å²) in [6.45, 7) is 4.69. The van der Waals surface area contributed by atoms with E-state index in [1.807, 2.05) is 24.3 Å². The molecule has 11 heteroatoms. The van der Waals surface area contributed by atoms with Gasteiger partial charge in [-0.1, -0.05) is 18.2 Å². The molecule has 31 heavy (non-hydrogen) atoms. The van der Waals surface area contributed by atoms with Crippen LogP contribution in [0.3, 0.4) is 0 Å². The van der Waals surface area contributed by atoms with E-state index < -0.39 is 30.1 Å². The summed E-state index contributed by atoms with van der Waals surface area (Å²) in [5, 5.41) is 4.59. The fourth-order valence-electron chi connectivity index (χ4n) is 2.56. The lowest BCUT2D eigenvalue weighted by molar-refractivity contribution is -0.121. The summed E-state index contributed by atoms with van der Waals surface area (Å²) in [5.41, 5.74) is 4.90. The first-order valence-electron chi connectivity index (χ1n) is 9.26. The average Bonchev–Trinajstić information content (AvgIpc) is 3.36. The molecule has 0 unspecified atom stereocenters. The maximum Gasteiger partial charge on any atom is 0.408 e. The number of ketones is 1. The first-order valence-corrected chi connectivity index (χ1v) is 10.1. The van der Waals surface area contributed by atoms with Gasteiger partial charge in [0.05, 0.1) is 5.56 Å². The molecule has 0 radical (unpaired) electrons. The van der Waals surface area contributed by atoms with Crippen LogP contribution in [0.5, 0.6) is 0 Å². The van der Waals surface area contributed by atoms with Crippen molar-refractivity contribution < 1.29 is 23.9 Å². The smallest absolute Gasteiger partial charge is 0.408 e. The molecule has 2 heterocycles. The van der Waals surface area contributed by atoms with Crippen molar-refractivity contribution in [3.05, 3.63) is 52.1 Å². The quantitative estimate of drug-likeness (QED) is 0.352.